The van der Waals surface area contributed by atoms with Gasteiger partial charge >= 0.3 is 12.4 Å². The molecular weight excluding hydrogens is 373 g/mol. The predicted octanol–water partition coefficient (Wildman–Crippen LogP) is 3.85. The summed E-state index contributed by atoms with van der Waals surface area (Å²) in [4.78, 5) is 12.5. The Labute approximate surface area is 159 Å². The number of hydrogen-bond acceptors (Lipinski definition) is 3. The average molecular weight is 392 g/mol. The number of anilines is 1. The zero-order valence-electron chi connectivity index (χ0n) is 14.8. The predicted molar refractivity (Wildman–Crippen MR) is 96.2 cm³/mol. The molecule has 2 amide bonds. The quantitative estimate of drug-likeness (QED) is 0.743. The van der Waals surface area contributed by atoms with Gasteiger partial charge in [0.15, 0.2) is 0 Å². The summed E-state index contributed by atoms with van der Waals surface area (Å²) < 4.78 is 41.0. The number of alkyl halides is 3. The lowest BCUT2D eigenvalue weighted by atomic mass is 10.1. The summed E-state index contributed by atoms with van der Waals surface area (Å²) in [6.07, 6.45) is -2.93. The van der Waals surface area contributed by atoms with Gasteiger partial charge in [0, 0.05) is 12.1 Å². The summed E-state index contributed by atoms with van der Waals surface area (Å²) in [7, 11) is 0. The Morgan fingerprint density at radius 3 is 2.75 bits per heavy atom. The molecule has 5 nitrogen and oxygen atoms in total. The number of fused-ring (bicyclic) bond motifs is 2. The molecule has 28 heavy (non-hydrogen) atoms. The third-order valence-corrected chi connectivity index (χ3v) is 5.15. The zero-order valence-corrected chi connectivity index (χ0v) is 14.8. The van der Waals surface area contributed by atoms with E-state index in [-0.39, 0.29) is 17.8 Å². The molecule has 0 aromatic heterocycles. The molecule has 0 spiro atoms. The third-order valence-electron chi connectivity index (χ3n) is 5.15. The second kappa shape index (κ2) is 7.01. The van der Waals surface area contributed by atoms with Crippen LogP contribution in [0.3, 0.4) is 0 Å². The van der Waals surface area contributed by atoms with E-state index in [1.54, 1.807) is 12.1 Å². The SMILES string of the molecule is O=C(Nc1cccc2c1C[C@H](O)C2)N[C@@H]1CCc2cc(OC(F)(F)F)ccc21. The van der Waals surface area contributed by atoms with Gasteiger partial charge in [-0.05, 0) is 59.7 Å². The highest BCUT2D eigenvalue weighted by molar-refractivity contribution is 5.90. The van der Waals surface area contributed by atoms with Crippen molar-refractivity contribution in [2.75, 3.05) is 5.32 Å². The van der Waals surface area contributed by atoms with Gasteiger partial charge in [-0.3, -0.25) is 0 Å². The summed E-state index contributed by atoms with van der Waals surface area (Å²) in [6.45, 7) is 0. The van der Waals surface area contributed by atoms with Crippen LogP contribution >= 0.6 is 0 Å². The van der Waals surface area contributed by atoms with Crippen LogP contribution in [-0.2, 0) is 19.3 Å². The lowest BCUT2D eigenvalue weighted by Gasteiger charge is -2.17. The molecule has 0 saturated heterocycles. The number of carbonyl (C=O) groups is 1. The Balaban J connectivity index is 1.43. The molecule has 0 unspecified atom stereocenters. The molecule has 2 aromatic rings. The maximum absolute atomic E-state index is 12.5. The van der Waals surface area contributed by atoms with Crippen molar-refractivity contribution >= 4 is 11.7 Å². The van der Waals surface area contributed by atoms with Crippen molar-refractivity contribution in [3.63, 3.8) is 0 Å². The van der Waals surface area contributed by atoms with Gasteiger partial charge in [-0.15, -0.1) is 13.2 Å². The molecule has 148 valence electrons. The van der Waals surface area contributed by atoms with E-state index in [9.17, 15) is 23.1 Å². The van der Waals surface area contributed by atoms with E-state index < -0.39 is 12.5 Å². The van der Waals surface area contributed by atoms with Gasteiger partial charge in [-0.2, -0.15) is 0 Å². The number of urea groups is 1. The molecule has 0 fully saturated rings. The first-order valence-electron chi connectivity index (χ1n) is 9.03. The van der Waals surface area contributed by atoms with Crippen molar-refractivity contribution in [3.8, 4) is 5.75 Å². The minimum Gasteiger partial charge on any atom is -0.406 e. The maximum atomic E-state index is 12.5. The molecule has 3 N–H and O–H groups in total. The van der Waals surface area contributed by atoms with Crippen molar-refractivity contribution in [2.45, 2.75) is 44.2 Å². The Morgan fingerprint density at radius 1 is 1.14 bits per heavy atom. The molecule has 0 saturated carbocycles. The minimum atomic E-state index is -4.73. The molecule has 0 heterocycles. The Hall–Kier alpha value is -2.74. The summed E-state index contributed by atoms with van der Waals surface area (Å²) >= 11 is 0. The largest absolute Gasteiger partial charge is 0.573 e. The Morgan fingerprint density at radius 2 is 1.96 bits per heavy atom. The minimum absolute atomic E-state index is 0.255. The molecule has 8 heteroatoms. The highest BCUT2D eigenvalue weighted by Gasteiger charge is 2.32. The highest BCUT2D eigenvalue weighted by atomic mass is 19.4. The Bertz CT molecular complexity index is 914. The van der Waals surface area contributed by atoms with Crippen LogP contribution in [0.2, 0.25) is 0 Å². The van der Waals surface area contributed by atoms with Crippen LogP contribution in [0.5, 0.6) is 5.75 Å². The molecule has 0 bridgehead atoms. The first-order valence-corrected chi connectivity index (χ1v) is 9.03. The van der Waals surface area contributed by atoms with E-state index in [1.807, 2.05) is 12.1 Å². The number of aliphatic hydroxyl groups excluding tert-OH is 1. The monoisotopic (exact) mass is 392 g/mol. The fourth-order valence-electron chi connectivity index (χ4n) is 4.00. The van der Waals surface area contributed by atoms with E-state index in [1.165, 1.54) is 12.1 Å². The molecule has 0 aliphatic heterocycles. The number of halogens is 3. The lowest BCUT2D eigenvalue weighted by Crippen LogP contribution is -2.31. The number of ether oxygens (including phenoxy) is 1. The molecule has 2 aliphatic rings. The summed E-state index contributed by atoms with van der Waals surface area (Å²) in [5, 5.41) is 15.5. The summed E-state index contributed by atoms with van der Waals surface area (Å²) in [6, 6.07) is 9.08. The van der Waals surface area contributed by atoms with Crippen LogP contribution in [0.25, 0.3) is 0 Å². The average Bonchev–Trinajstić information content (AvgIpc) is 3.16. The molecule has 2 aliphatic carbocycles. The van der Waals surface area contributed by atoms with Gasteiger partial charge in [0.05, 0.1) is 12.1 Å². The number of rotatable bonds is 3. The number of amides is 2. The summed E-state index contributed by atoms with van der Waals surface area (Å²) in [5.41, 5.74) is 4.15. The van der Waals surface area contributed by atoms with Crippen molar-refractivity contribution in [3.05, 3.63) is 58.7 Å². The molecule has 2 atom stereocenters. The highest BCUT2D eigenvalue weighted by Crippen LogP contribution is 2.35. The molecule has 4 rings (SSSR count). The van der Waals surface area contributed by atoms with Crippen LogP contribution in [-0.4, -0.2) is 23.6 Å². The smallest absolute Gasteiger partial charge is 0.406 e. The topological polar surface area (TPSA) is 70.6 Å². The van der Waals surface area contributed by atoms with Gasteiger partial charge in [0.2, 0.25) is 0 Å². The number of benzene rings is 2. The standard InChI is InChI=1S/C20H19F3N2O3/c21-20(22,23)28-14-5-6-15-12(9-14)4-7-18(15)25-19(27)24-17-3-1-2-11-8-13(26)10-16(11)17/h1-3,5-6,9,13,18,26H,4,7-8,10H2,(H2,24,25,27)/t13-,18-/m1/s1. The van der Waals surface area contributed by atoms with Crippen molar-refractivity contribution in [1.29, 1.82) is 0 Å². The molecule has 0 radical (unpaired) electrons. The van der Waals surface area contributed by atoms with Crippen molar-refractivity contribution in [1.82, 2.24) is 5.32 Å². The van der Waals surface area contributed by atoms with E-state index in [0.717, 1.165) is 22.3 Å². The zero-order chi connectivity index (χ0) is 19.9. The van der Waals surface area contributed by atoms with Crippen LogP contribution in [0.1, 0.15) is 34.7 Å². The number of hydrogen-bond donors (Lipinski definition) is 3. The second-order valence-corrected chi connectivity index (χ2v) is 7.10. The van der Waals surface area contributed by atoms with Crippen LogP contribution in [0.4, 0.5) is 23.7 Å². The van der Waals surface area contributed by atoms with Gasteiger partial charge in [0.1, 0.15) is 5.75 Å². The van der Waals surface area contributed by atoms with Crippen LogP contribution in [0, 0.1) is 0 Å². The number of aliphatic hydroxyl groups is 1. The second-order valence-electron chi connectivity index (χ2n) is 7.10. The van der Waals surface area contributed by atoms with E-state index >= 15 is 0 Å². The van der Waals surface area contributed by atoms with Gasteiger partial charge < -0.3 is 20.5 Å². The van der Waals surface area contributed by atoms with E-state index in [4.69, 9.17) is 0 Å². The first kappa shape index (κ1) is 18.6. The maximum Gasteiger partial charge on any atom is 0.573 e. The number of carbonyl (C=O) groups excluding carboxylic acids is 1. The van der Waals surface area contributed by atoms with E-state index in [0.29, 0.717) is 31.4 Å². The Kier molecular flexibility index (Phi) is 4.66. The van der Waals surface area contributed by atoms with Crippen molar-refractivity contribution < 1.29 is 27.8 Å². The fraction of sp³-hybridized carbons (Fsp3) is 0.350. The van der Waals surface area contributed by atoms with Crippen LogP contribution in [0.15, 0.2) is 36.4 Å². The van der Waals surface area contributed by atoms with Gasteiger partial charge in [0.25, 0.3) is 0 Å². The van der Waals surface area contributed by atoms with Gasteiger partial charge in [-0.1, -0.05) is 18.2 Å². The van der Waals surface area contributed by atoms with E-state index in [2.05, 4.69) is 15.4 Å². The summed E-state index contributed by atoms with van der Waals surface area (Å²) in [5.74, 6) is -0.255. The molecular formula is C20H19F3N2O3. The van der Waals surface area contributed by atoms with Crippen LogP contribution < -0.4 is 15.4 Å². The lowest BCUT2D eigenvalue weighted by molar-refractivity contribution is -0.274. The van der Waals surface area contributed by atoms with Gasteiger partial charge in [-0.25, -0.2) is 4.79 Å². The van der Waals surface area contributed by atoms with Crippen molar-refractivity contribution in [2.24, 2.45) is 0 Å². The third kappa shape index (κ3) is 3.91. The first-order chi connectivity index (χ1) is 13.3. The fourth-order valence-corrected chi connectivity index (χ4v) is 4.00. The molecule has 2 aromatic carbocycles. The normalized spacial score (nSPS) is 20.4. The number of nitrogens with one attached hydrogen (secondary N) is 2. The number of aryl methyl sites for hydroxylation is 1.